The summed E-state index contributed by atoms with van der Waals surface area (Å²) in [6, 6.07) is 15.2. The Bertz CT molecular complexity index is 596. The van der Waals surface area contributed by atoms with Crippen LogP contribution in [0.5, 0.6) is 0 Å². The van der Waals surface area contributed by atoms with Crippen molar-refractivity contribution >= 4 is 11.3 Å². The minimum Gasteiger partial charge on any atom is -0.197 e. The lowest BCUT2D eigenvalue weighted by atomic mass is 9.78. The molecule has 0 amide bonds. The summed E-state index contributed by atoms with van der Waals surface area (Å²) in [6.07, 6.45) is 0.774. The molecule has 2 aromatic rings. The molecule has 1 nitrogen and oxygen atoms in total. The molecule has 0 fully saturated rings. The van der Waals surface area contributed by atoms with Crippen LogP contribution in [-0.2, 0) is 17.3 Å². The quantitative estimate of drug-likeness (QED) is 0.771. The molecule has 0 aliphatic heterocycles. The van der Waals surface area contributed by atoms with E-state index in [4.69, 9.17) is 0 Å². The Morgan fingerprint density at radius 3 is 2.05 bits per heavy atom. The van der Waals surface area contributed by atoms with E-state index in [0.29, 0.717) is 0 Å². The molecule has 2 rings (SSSR count). The molecule has 104 valence electrons. The van der Waals surface area contributed by atoms with Crippen molar-refractivity contribution in [2.75, 3.05) is 0 Å². The zero-order chi connectivity index (χ0) is 14.8. The Morgan fingerprint density at radius 2 is 1.60 bits per heavy atom. The molecular formula is C18H21NS. The average Bonchev–Trinajstić information content (AvgIpc) is 2.90. The maximum atomic E-state index is 9.62. The monoisotopic (exact) mass is 283 g/mol. The Balaban J connectivity index is 2.30. The lowest BCUT2D eigenvalue weighted by molar-refractivity contribution is 0.584. The Morgan fingerprint density at radius 1 is 1.00 bits per heavy atom. The highest BCUT2D eigenvalue weighted by Crippen LogP contribution is 2.31. The van der Waals surface area contributed by atoms with Crippen LogP contribution in [0, 0.1) is 11.3 Å². The summed E-state index contributed by atoms with van der Waals surface area (Å²) in [4.78, 5) is 1.26. The highest BCUT2D eigenvalue weighted by molar-refractivity contribution is 7.09. The van der Waals surface area contributed by atoms with Gasteiger partial charge in [-0.05, 0) is 34.9 Å². The molecule has 0 spiro atoms. The first-order chi connectivity index (χ1) is 9.35. The van der Waals surface area contributed by atoms with Crippen LogP contribution in [-0.4, -0.2) is 0 Å². The molecule has 0 saturated carbocycles. The van der Waals surface area contributed by atoms with Gasteiger partial charge in [-0.25, -0.2) is 0 Å². The first-order valence-corrected chi connectivity index (χ1v) is 7.78. The minimum absolute atomic E-state index is 0.148. The van der Waals surface area contributed by atoms with E-state index in [1.165, 1.54) is 10.4 Å². The van der Waals surface area contributed by atoms with Gasteiger partial charge < -0.3 is 0 Å². The second kappa shape index (κ2) is 5.42. The van der Waals surface area contributed by atoms with Crippen molar-refractivity contribution in [3.05, 3.63) is 57.8 Å². The van der Waals surface area contributed by atoms with Crippen molar-refractivity contribution < 1.29 is 0 Å². The Kier molecular flexibility index (Phi) is 4.01. The van der Waals surface area contributed by atoms with Crippen molar-refractivity contribution in [2.24, 2.45) is 0 Å². The zero-order valence-electron chi connectivity index (χ0n) is 12.6. The third kappa shape index (κ3) is 3.11. The largest absolute Gasteiger partial charge is 0.197 e. The van der Waals surface area contributed by atoms with Crippen molar-refractivity contribution in [3.8, 4) is 6.07 Å². The van der Waals surface area contributed by atoms with Gasteiger partial charge in [0.05, 0.1) is 11.5 Å². The van der Waals surface area contributed by atoms with Gasteiger partial charge in [0.15, 0.2) is 0 Å². The molecule has 0 bridgehead atoms. The van der Waals surface area contributed by atoms with Crippen LogP contribution in [0.2, 0.25) is 0 Å². The highest BCUT2D eigenvalue weighted by Gasteiger charge is 2.27. The average molecular weight is 283 g/mol. The topological polar surface area (TPSA) is 23.8 Å². The third-order valence-corrected chi connectivity index (χ3v) is 4.62. The molecule has 1 aromatic heterocycles. The Labute approximate surface area is 125 Å². The number of thiophene rings is 1. The molecule has 0 saturated heterocycles. The smallest absolute Gasteiger partial charge is 0.0842 e. The first kappa shape index (κ1) is 14.8. The van der Waals surface area contributed by atoms with Gasteiger partial charge in [0.25, 0.3) is 0 Å². The normalized spacial score (nSPS) is 14.6. The molecule has 0 radical (unpaired) electrons. The van der Waals surface area contributed by atoms with Crippen molar-refractivity contribution in [3.63, 3.8) is 0 Å². The van der Waals surface area contributed by atoms with Gasteiger partial charge in [-0.1, -0.05) is 51.1 Å². The van der Waals surface area contributed by atoms with E-state index in [0.717, 1.165) is 12.0 Å². The van der Waals surface area contributed by atoms with Crippen molar-refractivity contribution in [1.29, 1.82) is 5.26 Å². The van der Waals surface area contributed by atoms with Crippen LogP contribution >= 0.6 is 11.3 Å². The Hall–Kier alpha value is -1.59. The third-order valence-electron chi connectivity index (χ3n) is 3.74. The van der Waals surface area contributed by atoms with Crippen LogP contribution in [0.15, 0.2) is 41.8 Å². The molecule has 2 heteroatoms. The van der Waals surface area contributed by atoms with E-state index in [2.05, 4.69) is 62.6 Å². The number of nitriles is 1. The van der Waals surface area contributed by atoms with Crippen molar-refractivity contribution in [1.82, 2.24) is 0 Å². The summed E-state index contributed by atoms with van der Waals surface area (Å²) in [7, 11) is 0. The number of nitrogens with zero attached hydrogens (tertiary/aromatic N) is 1. The van der Waals surface area contributed by atoms with Gasteiger partial charge in [0.1, 0.15) is 0 Å². The summed E-state index contributed by atoms with van der Waals surface area (Å²) in [5.74, 6) is 0. The maximum absolute atomic E-state index is 9.62. The number of hydrogen-bond acceptors (Lipinski definition) is 2. The molecule has 1 unspecified atom stereocenters. The second-order valence-corrected chi connectivity index (χ2v) is 7.56. The van der Waals surface area contributed by atoms with Crippen LogP contribution in [0.3, 0.4) is 0 Å². The fourth-order valence-corrected chi connectivity index (χ4v) is 3.17. The summed E-state index contributed by atoms with van der Waals surface area (Å²) in [5, 5.41) is 11.7. The fourth-order valence-electron chi connectivity index (χ4n) is 2.31. The van der Waals surface area contributed by atoms with E-state index in [9.17, 15) is 5.26 Å². The van der Waals surface area contributed by atoms with E-state index in [1.54, 1.807) is 11.3 Å². The molecule has 0 N–H and O–H groups in total. The molecule has 0 aliphatic rings. The molecule has 20 heavy (non-hydrogen) atoms. The van der Waals surface area contributed by atoms with E-state index in [1.807, 2.05) is 13.0 Å². The van der Waals surface area contributed by atoms with Gasteiger partial charge in [0.2, 0.25) is 0 Å². The molecule has 1 aromatic carbocycles. The molecular weight excluding hydrogens is 262 g/mol. The summed E-state index contributed by atoms with van der Waals surface area (Å²) >= 11 is 1.72. The predicted octanol–water partition coefficient (Wildman–Crippen LogP) is 5.07. The van der Waals surface area contributed by atoms with Gasteiger partial charge in [-0.15, -0.1) is 11.3 Å². The van der Waals surface area contributed by atoms with Gasteiger partial charge in [-0.2, -0.15) is 5.26 Å². The zero-order valence-corrected chi connectivity index (χ0v) is 13.4. The SMILES string of the molecule is CC(C)(C)c1ccc(C(C)(C#N)Cc2cccs2)cc1. The lowest BCUT2D eigenvalue weighted by Gasteiger charge is -2.24. The lowest BCUT2D eigenvalue weighted by Crippen LogP contribution is -2.22. The fraction of sp³-hybridized carbons (Fsp3) is 0.389. The highest BCUT2D eigenvalue weighted by atomic mass is 32.1. The first-order valence-electron chi connectivity index (χ1n) is 6.90. The molecule has 1 atom stereocenters. The van der Waals surface area contributed by atoms with Crippen LogP contribution in [0.25, 0.3) is 0 Å². The maximum Gasteiger partial charge on any atom is 0.0842 e. The van der Waals surface area contributed by atoms with E-state index < -0.39 is 5.41 Å². The van der Waals surface area contributed by atoms with Crippen molar-refractivity contribution in [2.45, 2.75) is 44.9 Å². The number of rotatable bonds is 3. The second-order valence-electron chi connectivity index (χ2n) is 6.53. The molecule has 0 aliphatic carbocycles. The van der Waals surface area contributed by atoms with Crippen LogP contribution in [0.4, 0.5) is 0 Å². The summed E-state index contributed by atoms with van der Waals surface area (Å²) in [6.45, 7) is 8.64. The van der Waals surface area contributed by atoms with Gasteiger partial charge >= 0.3 is 0 Å². The predicted molar refractivity (Wildman–Crippen MR) is 86.1 cm³/mol. The van der Waals surface area contributed by atoms with Crippen LogP contribution < -0.4 is 0 Å². The van der Waals surface area contributed by atoms with Crippen LogP contribution in [0.1, 0.15) is 43.7 Å². The summed E-state index contributed by atoms with van der Waals surface area (Å²) in [5.41, 5.74) is 2.09. The number of hydrogen-bond donors (Lipinski definition) is 0. The minimum atomic E-state index is -0.457. The van der Waals surface area contributed by atoms with E-state index >= 15 is 0 Å². The number of benzene rings is 1. The standard InChI is InChI=1S/C18H21NS/c1-17(2,3)14-7-9-15(10-8-14)18(4,13-19)12-16-6-5-11-20-16/h5-11H,12H2,1-4H3. The van der Waals surface area contributed by atoms with E-state index in [-0.39, 0.29) is 5.41 Å². The van der Waals surface area contributed by atoms with Gasteiger partial charge in [0, 0.05) is 11.3 Å². The van der Waals surface area contributed by atoms with Gasteiger partial charge in [-0.3, -0.25) is 0 Å². The summed E-state index contributed by atoms with van der Waals surface area (Å²) < 4.78 is 0. The molecule has 1 heterocycles.